The Balaban J connectivity index is 1.78. The van der Waals surface area contributed by atoms with Crippen LogP contribution in [-0.2, 0) is 4.79 Å². The van der Waals surface area contributed by atoms with Crippen LogP contribution in [0.25, 0.3) is 10.1 Å². The molecule has 6 heteroatoms. The van der Waals surface area contributed by atoms with Gasteiger partial charge in [0.2, 0.25) is 0 Å². The Bertz CT molecular complexity index is 786. The van der Waals surface area contributed by atoms with Gasteiger partial charge in [0.15, 0.2) is 0 Å². The molecule has 1 aliphatic heterocycles. The number of carboxylic acid groups (broad SMARTS) is 1. The van der Waals surface area contributed by atoms with Crippen LogP contribution in [0.4, 0.5) is 4.39 Å². The summed E-state index contributed by atoms with van der Waals surface area (Å²) in [7, 11) is 0. The second-order valence-electron chi connectivity index (χ2n) is 6.39. The summed E-state index contributed by atoms with van der Waals surface area (Å²) in [5.74, 6) is -0.865. The van der Waals surface area contributed by atoms with Crippen LogP contribution in [-0.4, -0.2) is 35.0 Å². The number of carbonyl (C=O) groups excluding carboxylic acids is 1. The van der Waals surface area contributed by atoms with Crippen molar-refractivity contribution < 1.29 is 19.1 Å². The van der Waals surface area contributed by atoms with Gasteiger partial charge < -0.3 is 10.0 Å². The normalized spacial score (nSPS) is 18.1. The Hall–Kier alpha value is -1.95. The molecule has 0 saturated carbocycles. The number of likely N-dealkylation sites (tertiary alicyclic amines) is 1. The molecule has 1 aliphatic rings. The number of thiophene rings is 1. The molecule has 24 heavy (non-hydrogen) atoms. The summed E-state index contributed by atoms with van der Waals surface area (Å²) < 4.78 is 14.2. The van der Waals surface area contributed by atoms with Crippen LogP contribution in [0, 0.1) is 18.7 Å². The second-order valence-corrected chi connectivity index (χ2v) is 7.44. The summed E-state index contributed by atoms with van der Waals surface area (Å²) in [5.41, 5.74) is 0.896. The Morgan fingerprint density at radius 2 is 2.21 bits per heavy atom. The van der Waals surface area contributed by atoms with Gasteiger partial charge in [0.25, 0.3) is 5.91 Å². The van der Waals surface area contributed by atoms with Gasteiger partial charge >= 0.3 is 5.97 Å². The lowest BCUT2D eigenvalue weighted by atomic mass is 9.93. The first-order valence-electron chi connectivity index (χ1n) is 8.15. The summed E-state index contributed by atoms with van der Waals surface area (Å²) in [6, 6.07) is 4.61. The standard InChI is InChI=1S/C18H20FNO3S/c1-11-14-6-5-13(19)9-15(14)24-17(11)18(23)20-8-2-3-12(10-20)4-7-16(21)22/h5-6,9,12H,2-4,7-8,10H2,1H3,(H,21,22). The van der Waals surface area contributed by atoms with Gasteiger partial charge in [0, 0.05) is 24.2 Å². The van der Waals surface area contributed by atoms with Crippen molar-refractivity contribution in [2.24, 2.45) is 5.92 Å². The summed E-state index contributed by atoms with van der Waals surface area (Å²) in [4.78, 5) is 26.1. The smallest absolute Gasteiger partial charge is 0.303 e. The molecule has 2 aromatic rings. The van der Waals surface area contributed by atoms with Crippen LogP contribution in [0.3, 0.4) is 0 Å². The highest BCUT2D eigenvalue weighted by Crippen LogP contribution is 2.33. The Morgan fingerprint density at radius 3 is 2.96 bits per heavy atom. The van der Waals surface area contributed by atoms with E-state index in [-0.39, 0.29) is 24.1 Å². The lowest BCUT2D eigenvalue weighted by molar-refractivity contribution is -0.137. The van der Waals surface area contributed by atoms with Crippen molar-refractivity contribution in [3.63, 3.8) is 0 Å². The van der Waals surface area contributed by atoms with Crippen molar-refractivity contribution in [3.8, 4) is 0 Å². The van der Waals surface area contributed by atoms with Crippen LogP contribution >= 0.6 is 11.3 Å². The van der Waals surface area contributed by atoms with Crippen molar-refractivity contribution in [3.05, 3.63) is 34.5 Å². The van der Waals surface area contributed by atoms with Gasteiger partial charge in [-0.1, -0.05) is 6.07 Å². The molecule has 4 nitrogen and oxygen atoms in total. The van der Waals surface area contributed by atoms with E-state index in [2.05, 4.69) is 0 Å². The number of nitrogens with zero attached hydrogens (tertiary/aromatic N) is 1. The third kappa shape index (κ3) is 3.43. The zero-order valence-corrected chi connectivity index (χ0v) is 14.4. The van der Waals surface area contributed by atoms with E-state index in [1.807, 2.05) is 11.8 Å². The molecule has 1 atom stereocenters. The van der Waals surface area contributed by atoms with Gasteiger partial charge in [-0.05, 0) is 55.2 Å². The molecule has 1 unspecified atom stereocenters. The number of carboxylic acids is 1. The molecule has 128 valence electrons. The quantitative estimate of drug-likeness (QED) is 0.905. The number of halogens is 1. The third-order valence-corrected chi connectivity index (χ3v) is 5.91. The van der Waals surface area contributed by atoms with Crippen molar-refractivity contribution in [1.29, 1.82) is 0 Å². The molecule has 1 N–H and O–H groups in total. The highest BCUT2D eigenvalue weighted by atomic mass is 32.1. The molecule has 1 fully saturated rings. The first-order chi connectivity index (χ1) is 11.5. The first kappa shape index (κ1) is 16.9. The topological polar surface area (TPSA) is 57.6 Å². The largest absolute Gasteiger partial charge is 0.481 e. The summed E-state index contributed by atoms with van der Waals surface area (Å²) in [6.07, 6.45) is 2.62. The number of hydrogen-bond acceptors (Lipinski definition) is 3. The number of aryl methyl sites for hydroxylation is 1. The predicted octanol–water partition coefficient (Wildman–Crippen LogP) is 4.07. The summed E-state index contributed by atoms with van der Waals surface area (Å²) >= 11 is 1.33. The van der Waals surface area contributed by atoms with E-state index < -0.39 is 5.97 Å². The maximum absolute atomic E-state index is 13.4. The van der Waals surface area contributed by atoms with Crippen molar-refractivity contribution in [2.45, 2.75) is 32.6 Å². The zero-order valence-electron chi connectivity index (χ0n) is 13.5. The molecule has 1 aromatic carbocycles. The number of amides is 1. The van der Waals surface area contributed by atoms with Gasteiger partial charge in [-0.2, -0.15) is 0 Å². The number of fused-ring (bicyclic) bond motifs is 1. The Morgan fingerprint density at radius 1 is 1.42 bits per heavy atom. The number of hydrogen-bond donors (Lipinski definition) is 1. The minimum absolute atomic E-state index is 0.0193. The number of aliphatic carboxylic acids is 1. The van der Waals surface area contributed by atoms with Gasteiger partial charge in [0.1, 0.15) is 5.82 Å². The highest BCUT2D eigenvalue weighted by Gasteiger charge is 2.27. The summed E-state index contributed by atoms with van der Waals surface area (Å²) in [5, 5.41) is 9.75. The van der Waals surface area contributed by atoms with Crippen LogP contribution in [0.5, 0.6) is 0 Å². The van der Waals surface area contributed by atoms with Gasteiger partial charge in [-0.3, -0.25) is 9.59 Å². The number of carbonyl (C=O) groups is 2. The van der Waals surface area contributed by atoms with Gasteiger partial charge in [0.05, 0.1) is 4.88 Å². The molecule has 1 saturated heterocycles. The van der Waals surface area contributed by atoms with E-state index in [0.29, 0.717) is 24.4 Å². The molecular formula is C18H20FNO3S. The average Bonchev–Trinajstić information content (AvgIpc) is 2.88. The fourth-order valence-corrected chi connectivity index (χ4v) is 4.56. The molecule has 3 rings (SSSR count). The molecule has 0 radical (unpaired) electrons. The third-order valence-electron chi connectivity index (χ3n) is 4.67. The predicted molar refractivity (Wildman–Crippen MR) is 92.0 cm³/mol. The van der Waals surface area contributed by atoms with E-state index in [0.717, 1.165) is 28.5 Å². The minimum Gasteiger partial charge on any atom is -0.481 e. The highest BCUT2D eigenvalue weighted by molar-refractivity contribution is 7.21. The lowest BCUT2D eigenvalue weighted by Crippen LogP contribution is -2.40. The van der Waals surface area contributed by atoms with Gasteiger partial charge in [-0.15, -0.1) is 11.3 Å². The molecule has 1 aromatic heterocycles. The van der Waals surface area contributed by atoms with Crippen LogP contribution in [0.15, 0.2) is 18.2 Å². The molecule has 0 spiro atoms. The van der Waals surface area contributed by atoms with E-state index in [1.165, 1.54) is 23.5 Å². The van der Waals surface area contributed by atoms with Gasteiger partial charge in [-0.25, -0.2) is 4.39 Å². The van der Waals surface area contributed by atoms with Crippen LogP contribution in [0.2, 0.25) is 0 Å². The van der Waals surface area contributed by atoms with E-state index >= 15 is 0 Å². The molecule has 2 heterocycles. The molecule has 1 amide bonds. The second kappa shape index (κ2) is 6.89. The average molecular weight is 349 g/mol. The van der Waals surface area contributed by atoms with Crippen LogP contribution in [0.1, 0.15) is 40.9 Å². The maximum Gasteiger partial charge on any atom is 0.303 e. The van der Waals surface area contributed by atoms with Crippen molar-refractivity contribution >= 4 is 33.3 Å². The zero-order chi connectivity index (χ0) is 17.3. The maximum atomic E-state index is 13.4. The van der Waals surface area contributed by atoms with E-state index in [4.69, 9.17) is 5.11 Å². The van der Waals surface area contributed by atoms with E-state index in [1.54, 1.807) is 6.07 Å². The molecule has 0 bridgehead atoms. The van der Waals surface area contributed by atoms with E-state index in [9.17, 15) is 14.0 Å². The number of rotatable bonds is 4. The SMILES string of the molecule is Cc1c(C(=O)N2CCCC(CCC(=O)O)C2)sc2cc(F)ccc12. The van der Waals surface area contributed by atoms with Crippen molar-refractivity contribution in [1.82, 2.24) is 4.90 Å². The summed E-state index contributed by atoms with van der Waals surface area (Å²) in [6.45, 7) is 3.20. The first-order valence-corrected chi connectivity index (χ1v) is 8.97. The van der Waals surface area contributed by atoms with Crippen molar-refractivity contribution in [2.75, 3.05) is 13.1 Å². The van der Waals surface area contributed by atoms with Crippen LogP contribution < -0.4 is 0 Å². The lowest BCUT2D eigenvalue weighted by Gasteiger charge is -2.32. The number of piperidine rings is 1. The molecule has 0 aliphatic carbocycles. The molecular weight excluding hydrogens is 329 g/mol. The Labute approximate surface area is 143 Å². The Kier molecular flexibility index (Phi) is 4.85. The fraction of sp³-hybridized carbons (Fsp3) is 0.444. The monoisotopic (exact) mass is 349 g/mol. The number of benzene rings is 1. The fourth-order valence-electron chi connectivity index (χ4n) is 3.36. The minimum atomic E-state index is -0.791.